The minimum Gasteiger partial charge on any atom is -0.489 e. The van der Waals surface area contributed by atoms with Crippen LogP contribution in [0.25, 0.3) is 0 Å². The van der Waals surface area contributed by atoms with E-state index in [0.29, 0.717) is 5.75 Å². The summed E-state index contributed by atoms with van der Waals surface area (Å²) in [5.41, 5.74) is 6.64. The number of hydrogen-bond donors (Lipinski definition) is 1. The van der Waals surface area contributed by atoms with Crippen LogP contribution in [-0.4, -0.2) is 12.1 Å². The van der Waals surface area contributed by atoms with Crippen LogP contribution in [-0.2, 0) is 0 Å². The molecule has 0 aliphatic carbocycles. The Balaban J connectivity index is 2.72. The van der Waals surface area contributed by atoms with Gasteiger partial charge in [-0.05, 0) is 44.0 Å². The normalized spacial score (nSPS) is 14.7. The van der Waals surface area contributed by atoms with E-state index in [-0.39, 0.29) is 18.0 Å². The monoisotopic (exact) mass is 211 g/mol. The molecule has 2 nitrogen and oxygen atoms in total. The molecule has 84 valence electrons. The first kappa shape index (κ1) is 12.0. The van der Waals surface area contributed by atoms with Crippen LogP contribution in [0.2, 0.25) is 0 Å². The van der Waals surface area contributed by atoms with E-state index in [1.165, 1.54) is 12.1 Å². The number of ether oxygens (including phenoxy) is 1. The van der Waals surface area contributed by atoms with Gasteiger partial charge in [0.05, 0.1) is 0 Å². The zero-order chi connectivity index (χ0) is 11.4. The minimum absolute atomic E-state index is 0.00875. The quantitative estimate of drug-likeness (QED) is 0.831. The van der Waals surface area contributed by atoms with Crippen molar-refractivity contribution in [2.75, 3.05) is 0 Å². The molecule has 15 heavy (non-hydrogen) atoms. The van der Waals surface area contributed by atoms with Gasteiger partial charge in [0.25, 0.3) is 0 Å². The fourth-order valence-corrected chi connectivity index (χ4v) is 1.36. The SMILES string of the molecule is CCC(N)C(C)Oc1ccc(F)cc1C. The molecule has 0 radical (unpaired) electrons. The highest BCUT2D eigenvalue weighted by atomic mass is 19.1. The lowest BCUT2D eigenvalue weighted by atomic mass is 10.1. The molecule has 0 aliphatic heterocycles. The molecule has 1 aromatic carbocycles. The number of rotatable bonds is 4. The predicted octanol–water partition coefficient (Wildman–Crippen LogP) is 2.64. The third-order valence-corrected chi connectivity index (χ3v) is 2.52. The van der Waals surface area contributed by atoms with Crippen LogP contribution in [0, 0.1) is 12.7 Å². The van der Waals surface area contributed by atoms with Gasteiger partial charge in [-0.3, -0.25) is 0 Å². The van der Waals surface area contributed by atoms with Gasteiger partial charge in [0.15, 0.2) is 0 Å². The molecule has 0 aromatic heterocycles. The summed E-state index contributed by atoms with van der Waals surface area (Å²) in [5.74, 6) is 0.458. The van der Waals surface area contributed by atoms with E-state index in [9.17, 15) is 4.39 Å². The number of hydrogen-bond acceptors (Lipinski definition) is 2. The van der Waals surface area contributed by atoms with Crippen molar-refractivity contribution < 1.29 is 9.13 Å². The van der Waals surface area contributed by atoms with Crippen LogP contribution in [0.3, 0.4) is 0 Å². The maximum Gasteiger partial charge on any atom is 0.123 e. The molecule has 0 bridgehead atoms. The van der Waals surface area contributed by atoms with Crippen molar-refractivity contribution in [2.24, 2.45) is 5.73 Å². The number of benzene rings is 1. The Morgan fingerprint density at radius 1 is 1.47 bits per heavy atom. The maximum absolute atomic E-state index is 12.8. The molecule has 1 rings (SSSR count). The molecule has 2 unspecified atom stereocenters. The Morgan fingerprint density at radius 3 is 2.67 bits per heavy atom. The smallest absolute Gasteiger partial charge is 0.123 e. The summed E-state index contributed by atoms with van der Waals surface area (Å²) in [6, 6.07) is 4.50. The third-order valence-electron chi connectivity index (χ3n) is 2.52. The zero-order valence-corrected chi connectivity index (χ0v) is 9.46. The van der Waals surface area contributed by atoms with Gasteiger partial charge in [-0.2, -0.15) is 0 Å². The largest absolute Gasteiger partial charge is 0.489 e. The summed E-state index contributed by atoms with van der Waals surface area (Å²) in [6.07, 6.45) is 0.806. The van der Waals surface area contributed by atoms with E-state index >= 15 is 0 Å². The maximum atomic E-state index is 12.8. The summed E-state index contributed by atoms with van der Waals surface area (Å²) in [4.78, 5) is 0. The lowest BCUT2D eigenvalue weighted by molar-refractivity contribution is 0.186. The van der Waals surface area contributed by atoms with Crippen LogP contribution in [0.15, 0.2) is 18.2 Å². The van der Waals surface area contributed by atoms with Gasteiger partial charge in [0, 0.05) is 6.04 Å². The standard InChI is InChI=1S/C12H18FNO/c1-4-11(14)9(3)15-12-6-5-10(13)7-8(12)2/h5-7,9,11H,4,14H2,1-3H3. The molecule has 0 saturated carbocycles. The average Bonchev–Trinajstić information content (AvgIpc) is 2.20. The van der Waals surface area contributed by atoms with Crippen LogP contribution in [0.1, 0.15) is 25.8 Å². The molecule has 2 N–H and O–H groups in total. The van der Waals surface area contributed by atoms with E-state index in [0.717, 1.165) is 12.0 Å². The van der Waals surface area contributed by atoms with Gasteiger partial charge in [0.2, 0.25) is 0 Å². The summed E-state index contributed by atoms with van der Waals surface area (Å²) < 4.78 is 18.5. The molecule has 2 atom stereocenters. The van der Waals surface area contributed by atoms with Gasteiger partial charge in [0.1, 0.15) is 17.7 Å². The first-order valence-corrected chi connectivity index (χ1v) is 5.23. The number of halogens is 1. The van der Waals surface area contributed by atoms with Crippen molar-refractivity contribution in [3.05, 3.63) is 29.6 Å². The molecule has 0 aliphatic rings. The highest BCUT2D eigenvalue weighted by Gasteiger charge is 2.13. The van der Waals surface area contributed by atoms with Crippen molar-refractivity contribution in [1.82, 2.24) is 0 Å². The molecule has 0 amide bonds. The first-order valence-electron chi connectivity index (χ1n) is 5.23. The fraction of sp³-hybridized carbons (Fsp3) is 0.500. The highest BCUT2D eigenvalue weighted by Crippen LogP contribution is 2.20. The Morgan fingerprint density at radius 2 is 2.13 bits per heavy atom. The minimum atomic E-state index is -0.243. The van der Waals surface area contributed by atoms with E-state index in [1.54, 1.807) is 6.07 Å². The van der Waals surface area contributed by atoms with Gasteiger partial charge >= 0.3 is 0 Å². The fourth-order valence-electron chi connectivity index (χ4n) is 1.36. The molecule has 1 aromatic rings. The van der Waals surface area contributed by atoms with Crippen molar-refractivity contribution in [3.63, 3.8) is 0 Å². The topological polar surface area (TPSA) is 35.2 Å². The predicted molar refractivity (Wildman–Crippen MR) is 59.5 cm³/mol. The van der Waals surface area contributed by atoms with Crippen LogP contribution >= 0.6 is 0 Å². The lowest BCUT2D eigenvalue weighted by Gasteiger charge is -2.21. The van der Waals surface area contributed by atoms with Gasteiger partial charge in [-0.1, -0.05) is 6.92 Å². The molecule has 0 spiro atoms. The summed E-state index contributed by atoms with van der Waals surface area (Å²) >= 11 is 0. The number of aryl methyl sites for hydroxylation is 1. The Kier molecular flexibility index (Phi) is 4.09. The van der Waals surface area contributed by atoms with Crippen molar-refractivity contribution in [3.8, 4) is 5.75 Å². The van der Waals surface area contributed by atoms with Crippen molar-refractivity contribution in [2.45, 2.75) is 39.3 Å². The average molecular weight is 211 g/mol. The van der Waals surface area contributed by atoms with Crippen LogP contribution < -0.4 is 10.5 Å². The summed E-state index contributed by atoms with van der Waals surface area (Å²) in [6.45, 7) is 5.77. The van der Waals surface area contributed by atoms with Gasteiger partial charge in [-0.25, -0.2) is 4.39 Å². The van der Waals surface area contributed by atoms with Gasteiger partial charge < -0.3 is 10.5 Å². The van der Waals surface area contributed by atoms with Crippen LogP contribution in [0.4, 0.5) is 4.39 Å². The number of nitrogens with two attached hydrogens (primary N) is 1. The van der Waals surface area contributed by atoms with Crippen molar-refractivity contribution >= 4 is 0 Å². The highest BCUT2D eigenvalue weighted by molar-refractivity contribution is 5.32. The van der Waals surface area contributed by atoms with E-state index in [2.05, 4.69) is 0 Å². The molecular formula is C12H18FNO. The van der Waals surface area contributed by atoms with Crippen molar-refractivity contribution in [1.29, 1.82) is 0 Å². The zero-order valence-electron chi connectivity index (χ0n) is 9.46. The molecule has 0 fully saturated rings. The van der Waals surface area contributed by atoms with E-state index < -0.39 is 0 Å². The summed E-state index contributed by atoms with van der Waals surface area (Å²) in [7, 11) is 0. The molecule has 0 saturated heterocycles. The molecule has 0 heterocycles. The Hall–Kier alpha value is -1.09. The van der Waals surface area contributed by atoms with Crippen LogP contribution in [0.5, 0.6) is 5.75 Å². The Bertz CT molecular complexity index is 327. The summed E-state index contributed by atoms with van der Waals surface area (Å²) in [5, 5.41) is 0. The van der Waals surface area contributed by atoms with E-state index in [1.807, 2.05) is 20.8 Å². The molecule has 3 heteroatoms. The van der Waals surface area contributed by atoms with Gasteiger partial charge in [-0.15, -0.1) is 0 Å². The van der Waals surface area contributed by atoms with E-state index in [4.69, 9.17) is 10.5 Å². The second kappa shape index (κ2) is 5.12. The second-order valence-corrected chi connectivity index (χ2v) is 3.80. The second-order valence-electron chi connectivity index (χ2n) is 3.80. The molecular weight excluding hydrogens is 193 g/mol. The Labute approximate surface area is 90.2 Å². The third kappa shape index (κ3) is 3.20. The first-order chi connectivity index (χ1) is 7.04. The lowest BCUT2D eigenvalue weighted by Crippen LogP contribution is -2.36.